The van der Waals surface area contributed by atoms with E-state index in [9.17, 15) is 18.3 Å². The van der Waals surface area contributed by atoms with E-state index in [0.29, 0.717) is 12.1 Å². The lowest BCUT2D eigenvalue weighted by Crippen LogP contribution is -2.34. The first-order valence-electron chi connectivity index (χ1n) is 5.97. The minimum absolute atomic E-state index is 0.287. The molecule has 0 saturated heterocycles. The number of alkyl halides is 3. The van der Waals surface area contributed by atoms with E-state index in [1.165, 1.54) is 4.90 Å². The van der Waals surface area contributed by atoms with Gasteiger partial charge in [0.25, 0.3) is 0 Å². The summed E-state index contributed by atoms with van der Waals surface area (Å²) in [6.07, 6.45) is -4.19. The molecule has 0 aliphatic rings. The lowest BCUT2D eigenvalue weighted by Gasteiger charge is -2.24. The molecule has 2 nitrogen and oxygen atoms in total. The number of rotatable bonds is 5. The van der Waals surface area contributed by atoms with Gasteiger partial charge in [-0.2, -0.15) is 13.2 Å². The summed E-state index contributed by atoms with van der Waals surface area (Å²) in [6, 6.07) is 6.57. The zero-order valence-electron chi connectivity index (χ0n) is 10.5. The highest BCUT2D eigenvalue weighted by Gasteiger charge is 2.30. The van der Waals surface area contributed by atoms with Gasteiger partial charge in [-0.15, -0.1) is 0 Å². The standard InChI is InChI=1S/C13H18F3NO/c1-3-12(18)10-5-7-11(8-6-10)17(4-2)9-13(14,15)16/h5-8,12,18H,3-4,9H2,1-2H3/t12-/m1/s1. The number of hydrogen-bond donors (Lipinski definition) is 1. The maximum atomic E-state index is 12.4. The van der Waals surface area contributed by atoms with Crippen molar-refractivity contribution in [3.63, 3.8) is 0 Å². The van der Waals surface area contributed by atoms with Crippen molar-refractivity contribution < 1.29 is 18.3 Å². The number of benzene rings is 1. The summed E-state index contributed by atoms with van der Waals surface area (Å²) in [4.78, 5) is 1.25. The van der Waals surface area contributed by atoms with E-state index in [1.54, 1.807) is 31.2 Å². The van der Waals surface area contributed by atoms with Gasteiger partial charge in [0.05, 0.1) is 6.10 Å². The maximum absolute atomic E-state index is 12.4. The molecule has 0 saturated carbocycles. The Bertz CT molecular complexity index is 361. The SMILES string of the molecule is CC[C@@H](O)c1ccc(N(CC)CC(F)(F)F)cc1. The number of hydrogen-bond acceptors (Lipinski definition) is 2. The van der Waals surface area contributed by atoms with E-state index in [1.807, 2.05) is 6.92 Å². The van der Waals surface area contributed by atoms with Gasteiger partial charge in [0.1, 0.15) is 6.54 Å². The molecular formula is C13H18F3NO. The van der Waals surface area contributed by atoms with Crippen LogP contribution in [0.4, 0.5) is 18.9 Å². The molecule has 1 atom stereocenters. The average Bonchev–Trinajstić information content (AvgIpc) is 2.34. The Morgan fingerprint density at radius 3 is 2.11 bits per heavy atom. The molecule has 0 heterocycles. The summed E-state index contributed by atoms with van der Waals surface area (Å²) in [5, 5.41) is 9.61. The van der Waals surface area contributed by atoms with E-state index in [2.05, 4.69) is 0 Å². The molecule has 0 amide bonds. The molecule has 1 rings (SSSR count). The van der Waals surface area contributed by atoms with Crippen LogP contribution in [-0.2, 0) is 0 Å². The fourth-order valence-corrected chi connectivity index (χ4v) is 1.75. The Morgan fingerprint density at radius 2 is 1.72 bits per heavy atom. The normalized spacial score (nSPS) is 13.4. The van der Waals surface area contributed by atoms with Gasteiger partial charge in [-0.3, -0.25) is 0 Å². The van der Waals surface area contributed by atoms with Crippen molar-refractivity contribution in [1.82, 2.24) is 0 Å². The van der Waals surface area contributed by atoms with Crippen LogP contribution in [0.2, 0.25) is 0 Å². The smallest absolute Gasteiger partial charge is 0.388 e. The third-order valence-corrected chi connectivity index (χ3v) is 2.78. The minimum Gasteiger partial charge on any atom is -0.388 e. The molecule has 0 aromatic heterocycles. The number of aliphatic hydroxyl groups excluding tert-OH is 1. The van der Waals surface area contributed by atoms with Crippen LogP contribution < -0.4 is 4.90 Å². The van der Waals surface area contributed by atoms with E-state index < -0.39 is 18.8 Å². The Hall–Kier alpha value is -1.23. The van der Waals surface area contributed by atoms with Crippen molar-refractivity contribution in [1.29, 1.82) is 0 Å². The van der Waals surface area contributed by atoms with Gasteiger partial charge < -0.3 is 10.0 Å². The fourth-order valence-electron chi connectivity index (χ4n) is 1.75. The van der Waals surface area contributed by atoms with Crippen molar-refractivity contribution >= 4 is 5.69 Å². The lowest BCUT2D eigenvalue weighted by atomic mass is 10.1. The largest absolute Gasteiger partial charge is 0.405 e. The Kier molecular flexibility index (Phi) is 5.02. The molecule has 1 aromatic carbocycles. The second-order valence-electron chi connectivity index (χ2n) is 4.14. The highest BCUT2D eigenvalue weighted by molar-refractivity contribution is 5.48. The van der Waals surface area contributed by atoms with Gasteiger partial charge in [-0.05, 0) is 31.0 Å². The van der Waals surface area contributed by atoms with Gasteiger partial charge in [0, 0.05) is 12.2 Å². The van der Waals surface area contributed by atoms with Crippen LogP contribution in [0.25, 0.3) is 0 Å². The first-order chi connectivity index (χ1) is 8.37. The Labute approximate surface area is 105 Å². The van der Waals surface area contributed by atoms with Gasteiger partial charge in [0.15, 0.2) is 0 Å². The second-order valence-corrected chi connectivity index (χ2v) is 4.14. The molecule has 0 unspecified atom stereocenters. The molecule has 0 aliphatic carbocycles. The van der Waals surface area contributed by atoms with Crippen LogP contribution in [0.1, 0.15) is 31.9 Å². The third-order valence-electron chi connectivity index (χ3n) is 2.78. The molecule has 18 heavy (non-hydrogen) atoms. The van der Waals surface area contributed by atoms with Crippen LogP contribution in [0.5, 0.6) is 0 Å². The van der Waals surface area contributed by atoms with Crippen molar-refractivity contribution in [3.05, 3.63) is 29.8 Å². The Morgan fingerprint density at radius 1 is 1.17 bits per heavy atom. The molecule has 1 N–H and O–H groups in total. The quantitative estimate of drug-likeness (QED) is 0.876. The number of aliphatic hydroxyl groups is 1. The zero-order valence-corrected chi connectivity index (χ0v) is 10.5. The predicted molar refractivity (Wildman–Crippen MR) is 65.6 cm³/mol. The maximum Gasteiger partial charge on any atom is 0.405 e. The highest BCUT2D eigenvalue weighted by Crippen LogP contribution is 2.24. The highest BCUT2D eigenvalue weighted by atomic mass is 19.4. The van der Waals surface area contributed by atoms with Crippen LogP contribution >= 0.6 is 0 Å². The second kappa shape index (κ2) is 6.09. The molecule has 0 spiro atoms. The molecule has 0 bridgehead atoms. The van der Waals surface area contributed by atoms with E-state index in [0.717, 1.165) is 5.56 Å². The van der Waals surface area contributed by atoms with E-state index in [4.69, 9.17) is 0 Å². The Balaban J connectivity index is 2.82. The van der Waals surface area contributed by atoms with Gasteiger partial charge in [0.2, 0.25) is 0 Å². The van der Waals surface area contributed by atoms with Gasteiger partial charge in [-0.1, -0.05) is 19.1 Å². The topological polar surface area (TPSA) is 23.5 Å². The first kappa shape index (κ1) is 14.8. The summed E-state index contributed by atoms with van der Waals surface area (Å²) < 4.78 is 37.1. The lowest BCUT2D eigenvalue weighted by molar-refractivity contribution is -0.119. The molecule has 0 fully saturated rings. The summed E-state index contributed by atoms with van der Waals surface area (Å²) in [5.74, 6) is 0. The molecule has 5 heteroatoms. The number of halogens is 3. The monoisotopic (exact) mass is 261 g/mol. The van der Waals surface area contributed by atoms with Crippen molar-refractivity contribution in [2.45, 2.75) is 32.5 Å². The summed E-state index contributed by atoms with van der Waals surface area (Å²) in [7, 11) is 0. The molecule has 0 radical (unpaired) electrons. The molecule has 1 aromatic rings. The van der Waals surface area contributed by atoms with E-state index in [-0.39, 0.29) is 6.54 Å². The van der Waals surface area contributed by atoms with E-state index >= 15 is 0 Å². The van der Waals surface area contributed by atoms with Gasteiger partial charge in [-0.25, -0.2) is 0 Å². The van der Waals surface area contributed by atoms with Gasteiger partial charge >= 0.3 is 6.18 Å². The molecule has 102 valence electrons. The number of nitrogens with zero attached hydrogens (tertiary/aromatic N) is 1. The van der Waals surface area contributed by atoms with Crippen LogP contribution in [0.15, 0.2) is 24.3 Å². The summed E-state index contributed by atoms with van der Waals surface area (Å²) in [6.45, 7) is 2.86. The van der Waals surface area contributed by atoms with Crippen molar-refractivity contribution in [2.75, 3.05) is 18.0 Å². The molecule has 0 aliphatic heterocycles. The van der Waals surface area contributed by atoms with Crippen LogP contribution in [0.3, 0.4) is 0 Å². The zero-order chi connectivity index (χ0) is 13.8. The number of anilines is 1. The summed E-state index contributed by atoms with van der Waals surface area (Å²) in [5.41, 5.74) is 1.24. The first-order valence-corrected chi connectivity index (χ1v) is 5.97. The average molecular weight is 261 g/mol. The minimum atomic E-state index is -4.21. The predicted octanol–water partition coefficient (Wildman–Crippen LogP) is 3.52. The van der Waals surface area contributed by atoms with Crippen molar-refractivity contribution in [2.24, 2.45) is 0 Å². The van der Waals surface area contributed by atoms with Crippen molar-refractivity contribution in [3.8, 4) is 0 Å². The van der Waals surface area contributed by atoms with Crippen LogP contribution in [-0.4, -0.2) is 24.4 Å². The third kappa shape index (κ3) is 4.22. The van der Waals surface area contributed by atoms with Crippen LogP contribution in [0, 0.1) is 0 Å². The fraction of sp³-hybridized carbons (Fsp3) is 0.538. The summed E-state index contributed by atoms with van der Waals surface area (Å²) >= 11 is 0. The molecular weight excluding hydrogens is 243 g/mol.